The van der Waals surface area contributed by atoms with Crippen LogP contribution >= 0.6 is 11.3 Å². The van der Waals surface area contributed by atoms with Gasteiger partial charge in [-0.2, -0.15) is 8.42 Å². The predicted octanol–water partition coefficient (Wildman–Crippen LogP) is 4.55. The number of anilines is 1. The first-order valence-electron chi connectivity index (χ1n) is 11.4. The van der Waals surface area contributed by atoms with E-state index in [4.69, 9.17) is 19.0 Å². The minimum absolute atomic E-state index is 0.106. The number of rotatable bonds is 7. The Bertz CT molecular complexity index is 1360. The highest BCUT2D eigenvalue weighted by Gasteiger charge is 2.27. The van der Waals surface area contributed by atoms with Gasteiger partial charge >= 0.3 is 10.3 Å². The van der Waals surface area contributed by atoms with Crippen molar-refractivity contribution in [3.05, 3.63) is 57.9 Å². The highest BCUT2D eigenvalue weighted by atomic mass is 32.2. The number of fused-ring (bicyclic) bond motifs is 1. The Morgan fingerprint density at radius 1 is 1.11 bits per heavy atom. The third kappa shape index (κ3) is 6.34. The zero-order valence-corrected chi connectivity index (χ0v) is 22.1. The number of aromatic nitrogens is 1. The number of ether oxygens (including phenoxy) is 2. The molecule has 2 aromatic carbocycles. The number of aryl methyl sites for hydroxylation is 1. The third-order valence-corrected chi connectivity index (χ3v) is 7.13. The molecule has 0 bridgehead atoms. The first-order valence-corrected chi connectivity index (χ1v) is 13.7. The average molecular weight is 532 g/mol. The van der Waals surface area contributed by atoms with Gasteiger partial charge < -0.3 is 14.8 Å². The molecule has 1 amide bonds. The Morgan fingerprint density at radius 2 is 1.78 bits per heavy atom. The maximum Gasteiger partial charge on any atom is 0.357 e. The van der Waals surface area contributed by atoms with Crippen molar-refractivity contribution in [2.75, 3.05) is 17.9 Å². The molecule has 0 radical (unpaired) electrons. The maximum absolute atomic E-state index is 12.9. The van der Waals surface area contributed by atoms with Gasteiger partial charge in [-0.15, -0.1) is 11.3 Å². The second-order valence-corrected chi connectivity index (χ2v) is 12.0. The second-order valence-electron chi connectivity index (χ2n) is 9.57. The average Bonchev–Trinajstić information content (AvgIpc) is 3.19. The Labute approximate surface area is 214 Å². The molecule has 1 aromatic heterocycles. The first kappa shape index (κ1) is 25.9. The lowest BCUT2D eigenvalue weighted by Gasteiger charge is -2.23. The molecule has 1 atom stereocenters. The summed E-state index contributed by atoms with van der Waals surface area (Å²) in [5.74, 6) is 1.29. The van der Waals surface area contributed by atoms with E-state index in [1.165, 1.54) is 11.3 Å². The number of hydrogen-bond acceptors (Lipinski definition) is 7. The van der Waals surface area contributed by atoms with E-state index < -0.39 is 21.8 Å². The summed E-state index contributed by atoms with van der Waals surface area (Å²) in [6.45, 7) is 8.56. The van der Waals surface area contributed by atoms with Crippen molar-refractivity contribution in [1.82, 2.24) is 10.3 Å². The minimum Gasteiger partial charge on any atom is -0.486 e. The van der Waals surface area contributed by atoms with Crippen LogP contribution in [0.3, 0.4) is 0 Å². The Hall–Kier alpha value is -3.15. The van der Waals surface area contributed by atoms with E-state index in [1.54, 1.807) is 24.3 Å². The summed E-state index contributed by atoms with van der Waals surface area (Å²) in [5.41, 5.74) is 2.23. The topological polar surface area (TPSA) is 127 Å². The standard InChI is InChI=1S/C25H29N3O6S2/c1-15-22(17-7-10-20-21(14-17)34-12-11-33-20)27-23(35-15)19(26-24(29)25(2,3)4)13-16-5-8-18(9-6-16)28-36(30,31)32/h5-10,14,19,28H,11-13H2,1-4H3,(H,26,29)(H,30,31,32)/t19-/m0/s1. The van der Waals surface area contributed by atoms with E-state index in [1.807, 2.05) is 50.6 Å². The minimum atomic E-state index is -4.35. The number of carbonyl (C=O) groups excluding carboxylic acids is 1. The smallest absolute Gasteiger partial charge is 0.357 e. The number of benzene rings is 2. The molecule has 1 aliphatic rings. The van der Waals surface area contributed by atoms with Crippen LogP contribution in [0.15, 0.2) is 42.5 Å². The summed E-state index contributed by atoms with van der Waals surface area (Å²) in [4.78, 5) is 18.8. The Morgan fingerprint density at radius 3 is 2.42 bits per heavy atom. The highest BCUT2D eigenvalue weighted by molar-refractivity contribution is 7.87. The lowest BCUT2D eigenvalue weighted by molar-refractivity contribution is -0.129. The normalized spacial score (nSPS) is 14.2. The van der Waals surface area contributed by atoms with Gasteiger partial charge in [-0.05, 0) is 49.2 Å². The fraction of sp³-hybridized carbons (Fsp3) is 0.360. The van der Waals surface area contributed by atoms with Crippen LogP contribution in [0.2, 0.25) is 0 Å². The van der Waals surface area contributed by atoms with E-state index in [-0.39, 0.29) is 11.6 Å². The molecule has 192 valence electrons. The van der Waals surface area contributed by atoms with Gasteiger partial charge in [-0.1, -0.05) is 32.9 Å². The lowest BCUT2D eigenvalue weighted by Crippen LogP contribution is -2.38. The van der Waals surface area contributed by atoms with Crippen LogP contribution in [0.4, 0.5) is 5.69 Å². The van der Waals surface area contributed by atoms with Crippen LogP contribution in [0.25, 0.3) is 11.3 Å². The molecule has 11 heteroatoms. The van der Waals surface area contributed by atoms with Crippen molar-refractivity contribution in [2.24, 2.45) is 5.41 Å². The maximum atomic E-state index is 12.9. The zero-order chi connectivity index (χ0) is 26.1. The van der Waals surface area contributed by atoms with Crippen LogP contribution in [-0.4, -0.2) is 37.1 Å². The van der Waals surface area contributed by atoms with Crippen LogP contribution < -0.4 is 19.5 Å². The molecule has 3 N–H and O–H groups in total. The quantitative estimate of drug-likeness (QED) is 0.382. The van der Waals surface area contributed by atoms with Crippen molar-refractivity contribution >= 4 is 33.2 Å². The molecule has 3 aromatic rings. The van der Waals surface area contributed by atoms with Crippen molar-refractivity contribution in [2.45, 2.75) is 40.2 Å². The summed E-state index contributed by atoms with van der Waals surface area (Å²) in [5, 5.41) is 3.89. The number of nitrogens with one attached hydrogen (secondary N) is 2. The molecular formula is C25H29N3O6S2. The fourth-order valence-electron chi connectivity index (χ4n) is 3.69. The Kier molecular flexibility index (Phi) is 7.26. The van der Waals surface area contributed by atoms with Crippen LogP contribution in [0, 0.1) is 12.3 Å². The highest BCUT2D eigenvalue weighted by Crippen LogP contribution is 2.38. The lowest BCUT2D eigenvalue weighted by atomic mass is 9.94. The van der Waals surface area contributed by atoms with E-state index in [0.29, 0.717) is 31.1 Å². The summed E-state index contributed by atoms with van der Waals surface area (Å²) < 4.78 is 44.5. The van der Waals surface area contributed by atoms with Gasteiger partial charge in [-0.25, -0.2) is 4.98 Å². The first-order chi connectivity index (χ1) is 16.9. The molecule has 0 saturated carbocycles. The molecule has 4 rings (SSSR count). The molecule has 0 saturated heterocycles. The molecule has 0 unspecified atom stereocenters. The molecule has 0 aliphatic carbocycles. The van der Waals surface area contributed by atoms with Crippen molar-refractivity contribution < 1.29 is 27.2 Å². The number of amides is 1. The monoisotopic (exact) mass is 531 g/mol. The van der Waals surface area contributed by atoms with Gasteiger partial charge in [0.25, 0.3) is 0 Å². The number of nitrogens with zero attached hydrogens (tertiary/aromatic N) is 1. The molecule has 0 spiro atoms. The van der Waals surface area contributed by atoms with Gasteiger partial charge in [0.2, 0.25) is 5.91 Å². The summed E-state index contributed by atoms with van der Waals surface area (Å²) in [6.07, 6.45) is 0.446. The molecule has 0 fully saturated rings. The third-order valence-electron chi connectivity index (χ3n) is 5.55. The SMILES string of the molecule is Cc1sc([C@H](Cc2ccc(NS(=O)(=O)O)cc2)NC(=O)C(C)(C)C)nc1-c1ccc2c(c1)OCCO2. The van der Waals surface area contributed by atoms with Gasteiger partial charge in [0.15, 0.2) is 11.5 Å². The largest absolute Gasteiger partial charge is 0.486 e. The fourth-order valence-corrected chi connectivity index (χ4v) is 5.12. The molecule has 36 heavy (non-hydrogen) atoms. The van der Waals surface area contributed by atoms with Crippen molar-refractivity contribution in [3.63, 3.8) is 0 Å². The van der Waals surface area contributed by atoms with E-state index in [0.717, 1.165) is 26.7 Å². The molecule has 2 heterocycles. The van der Waals surface area contributed by atoms with Gasteiger partial charge in [-0.3, -0.25) is 14.1 Å². The molecule has 1 aliphatic heterocycles. The van der Waals surface area contributed by atoms with Gasteiger partial charge in [0.1, 0.15) is 18.2 Å². The predicted molar refractivity (Wildman–Crippen MR) is 139 cm³/mol. The van der Waals surface area contributed by atoms with Crippen LogP contribution in [0.5, 0.6) is 11.5 Å². The van der Waals surface area contributed by atoms with Crippen molar-refractivity contribution in [3.8, 4) is 22.8 Å². The number of hydrogen-bond donors (Lipinski definition) is 3. The summed E-state index contributed by atoms with van der Waals surface area (Å²) in [7, 11) is -4.35. The van der Waals surface area contributed by atoms with Crippen LogP contribution in [0.1, 0.15) is 42.3 Å². The molecular weight excluding hydrogens is 502 g/mol. The number of carbonyl (C=O) groups is 1. The Balaban J connectivity index is 1.63. The summed E-state index contributed by atoms with van der Waals surface area (Å²) >= 11 is 1.51. The zero-order valence-electron chi connectivity index (χ0n) is 20.5. The van der Waals surface area contributed by atoms with Crippen LogP contribution in [-0.2, 0) is 21.5 Å². The van der Waals surface area contributed by atoms with Gasteiger partial charge in [0.05, 0.1) is 17.4 Å². The van der Waals surface area contributed by atoms with E-state index >= 15 is 0 Å². The van der Waals surface area contributed by atoms with Crippen molar-refractivity contribution in [1.29, 1.82) is 0 Å². The van der Waals surface area contributed by atoms with Gasteiger partial charge in [0, 0.05) is 15.9 Å². The second kappa shape index (κ2) is 10.1. The summed E-state index contributed by atoms with van der Waals surface area (Å²) in [6, 6.07) is 11.9. The number of thiazole rings is 1. The van der Waals surface area contributed by atoms with E-state index in [2.05, 4.69) is 5.32 Å². The molecule has 9 nitrogen and oxygen atoms in total. The van der Waals surface area contributed by atoms with E-state index in [9.17, 15) is 13.2 Å².